The summed E-state index contributed by atoms with van der Waals surface area (Å²) in [6.07, 6.45) is 11.6. The van der Waals surface area contributed by atoms with Crippen molar-refractivity contribution in [2.45, 2.75) is 64.3 Å². The Morgan fingerprint density at radius 3 is 2.33 bits per heavy atom. The van der Waals surface area contributed by atoms with Crippen LogP contribution in [-0.4, -0.2) is 37.6 Å². The molecule has 0 aliphatic heterocycles. The molecule has 2 aliphatic carbocycles. The molecule has 0 heterocycles. The van der Waals surface area contributed by atoms with Crippen molar-refractivity contribution in [2.75, 3.05) is 26.7 Å². The monoisotopic (exact) mass is 252 g/mol. The van der Waals surface area contributed by atoms with Gasteiger partial charge < -0.3 is 10.2 Å². The molecule has 2 unspecified atom stereocenters. The summed E-state index contributed by atoms with van der Waals surface area (Å²) in [6.45, 7) is 6.03. The van der Waals surface area contributed by atoms with Crippen molar-refractivity contribution >= 4 is 0 Å². The Balaban J connectivity index is 1.74. The van der Waals surface area contributed by atoms with Gasteiger partial charge in [-0.1, -0.05) is 32.6 Å². The topological polar surface area (TPSA) is 15.3 Å². The van der Waals surface area contributed by atoms with E-state index in [1.807, 2.05) is 0 Å². The third-order valence-corrected chi connectivity index (χ3v) is 4.97. The Kier molecular flexibility index (Phi) is 5.97. The zero-order valence-corrected chi connectivity index (χ0v) is 12.5. The molecule has 0 bridgehead atoms. The molecular formula is C16H32N2. The lowest BCUT2D eigenvalue weighted by molar-refractivity contribution is 0.175. The molecule has 2 heteroatoms. The minimum absolute atomic E-state index is 0.787. The summed E-state index contributed by atoms with van der Waals surface area (Å²) in [4.78, 5) is 2.62. The van der Waals surface area contributed by atoms with Crippen LogP contribution in [0.1, 0.15) is 58.3 Å². The first-order valence-corrected chi connectivity index (χ1v) is 8.21. The number of rotatable bonds is 6. The molecule has 2 fully saturated rings. The van der Waals surface area contributed by atoms with Crippen LogP contribution in [0.15, 0.2) is 0 Å². The molecule has 2 aliphatic rings. The summed E-state index contributed by atoms with van der Waals surface area (Å²) in [5, 5.41) is 3.71. The van der Waals surface area contributed by atoms with Crippen LogP contribution in [0.5, 0.6) is 0 Å². The first-order chi connectivity index (χ1) is 8.79. The van der Waals surface area contributed by atoms with Crippen molar-refractivity contribution in [3.05, 3.63) is 0 Å². The van der Waals surface area contributed by atoms with E-state index in [0.29, 0.717) is 0 Å². The average Bonchev–Trinajstić information content (AvgIpc) is 2.84. The standard InChI is InChI=1S/C16H32N2/c1-3-17-16-11-7-6-10-15(16)13-18(2)12-14-8-4-5-9-14/h14-17H,3-13H2,1-2H3. The van der Waals surface area contributed by atoms with E-state index in [-0.39, 0.29) is 0 Å². The van der Waals surface area contributed by atoms with Gasteiger partial charge in [-0.25, -0.2) is 0 Å². The lowest BCUT2D eigenvalue weighted by Crippen LogP contribution is -2.44. The fourth-order valence-electron chi connectivity index (χ4n) is 4.07. The summed E-state index contributed by atoms with van der Waals surface area (Å²) < 4.78 is 0. The SMILES string of the molecule is CCNC1CCCCC1CN(C)CC1CCCC1. The molecular weight excluding hydrogens is 220 g/mol. The van der Waals surface area contributed by atoms with Gasteiger partial charge >= 0.3 is 0 Å². The zero-order valence-electron chi connectivity index (χ0n) is 12.5. The van der Waals surface area contributed by atoms with E-state index >= 15 is 0 Å². The fraction of sp³-hybridized carbons (Fsp3) is 1.00. The molecule has 0 aromatic heterocycles. The normalized spacial score (nSPS) is 30.2. The van der Waals surface area contributed by atoms with E-state index in [4.69, 9.17) is 0 Å². The van der Waals surface area contributed by atoms with Crippen LogP contribution in [-0.2, 0) is 0 Å². The van der Waals surface area contributed by atoms with Crippen LogP contribution < -0.4 is 5.32 Å². The van der Waals surface area contributed by atoms with E-state index in [1.54, 1.807) is 0 Å². The van der Waals surface area contributed by atoms with Crippen LogP contribution in [0.3, 0.4) is 0 Å². The first kappa shape index (κ1) is 14.3. The zero-order chi connectivity index (χ0) is 12.8. The maximum Gasteiger partial charge on any atom is 0.0107 e. The van der Waals surface area contributed by atoms with E-state index < -0.39 is 0 Å². The third kappa shape index (κ3) is 4.24. The van der Waals surface area contributed by atoms with Gasteiger partial charge in [-0.05, 0) is 51.1 Å². The summed E-state index contributed by atoms with van der Waals surface area (Å²) in [5.41, 5.74) is 0. The predicted octanol–water partition coefficient (Wildman–Crippen LogP) is 3.28. The first-order valence-electron chi connectivity index (χ1n) is 8.21. The molecule has 1 N–H and O–H groups in total. The maximum atomic E-state index is 3.71. The summed E-state index contributed by atoms with van der Waals surface area (Å²) >= 11 is 0. The second-order valence-corrected chi connectivity index (χ2v) is 6.58. The van der Waals surface area contributed by atoms with Gasteiger partial charge in [-0.15, -0.1) is 0 Å². The van der Waals surface area contributed by atoms with E-state index in [0.717, 1.165) is 24.4 Å². The van der Waals surface area contributed by atoms with E-state index in [1.165, 1.54) is 64.5 Å². The predicted molar refractivity (Wildman–Crippen MR) is 78.9 cm³/mol. The number of hydrogen-bond acceptors (Lipinski definition) is 2. The average molecular weight is 252 g/mol. The lowest BCUT2D eigenvalue weighted by Gasteiger charge is -2.35. The van der Waals surface area contributed by atoms with E-state index in [2.05, 4.69) is 24.2 Å². The number of hydrogen-bond donors (Lipinski definition) is 1. The van der Waals surface area contributed by atoms with Gasteiger partial charge in [0, 0.05) is 19.1 Å². The van der Waals surface area contributed by atoms with Crippen molar-refractivity contribution in [3.63, 3.8) is 0 Å². The minimum atomic E-state index is 0.787. The van der Waals surface area contributed by atoms with Crippen LogP contribution in [0.2, 0.25) is 0 Å². The molecule has 0 amide bonds. The Hall–Kier alpha value is -0.0800. The van der Waals surface area contributed by atoms with Crippen molar-refractivity contribution in [1.82, 2.24) is 10.2 Å². The van der Waals surface area contributed by atoms with Gasteiger partial charge in [0.15, 0.2) is 0 Å². The molecule has 0 aromatic rings. The molecule has 18 heavy (non-hydrogen) atoms. The van der Waals surface area contributed by atoms with Gasteiger partial charge in [0.25, 0.3) is 0 Å². The highest BCUT2D eigenvalue weighted by molar-refractivity contribution is 4.83. The molecule has 0 saturated heterocycles. The highest BCUT2D eigenvalue weighted by Gasteiger charge is 2.26. The van der Waals surface area contributed by atoms with Gasteiger partial charge in [0.05, 0.1) is 0 Å². The molecule has 106 valence electrons. The van der Waals surface area contributed by atoms with Gasteiger partial charge in [0.2, 0.25) is 0 Å². The van der Waals surface area contributed by atoms with Gasteiger partial charge in [-0.3, -0.25) is 0 Å². The Labute approximate surface area is 114 Å². The van der Waals surface area contributed by atoms with Crippen LogP contribution >= 0.6 is 0 Å². The highest BCUT2D eigenvalue weighted by atomic mass is 15.1. The second-order valence-electron chi connectivity index (χ2n) is 6.58. The summed E-state index contributed by atoms with van der Waals surface area (Å²) in [6, 6.07) is 0.787. The molecule has 2 atom stereocenters. The Bertz CT molecular complexity index is 221. The van der Waals surface area contributed by atoms with Crippen LogP contribution in [0.4, 0.5) is 0 Å². The van der Waals surface area contributed by atoms with Crippen LogP contribution in [0, 0.1) is 11.8 Å². The van der Waals surface area contributed by atoms with Crippen molar-refractivity contribution in [1.29, 1.82) is 0 Å². The molecule has 2 rings (SSSR count). The lowest BCUT2D eigenvalue weighted by atomic mass is 9.84. The Morgan fingerprint density at radius 1 is 0.944 bits per heavy atom. The smallest absolute Gasteiger partial charge is 0.0107 e. The summed E-state index contributed by atoms with van der Waals surface area (Å²) in [5.74, 6) is 1.89. The largest absolute Gasteiger partial charge is 0.314 e. The molecule has 0 spiro atoms. The fourth-order valence-corrected chi connectivity index (χ4v) is 4.07. The summed E-state index contributed by atoms with van der Waals surface area (Å²) in [7, 11) is 2.34. The van der Waals surface area contributed by atoms with Crippen molar-refractivity contribution in [2.24, 2.45) is 11.8 Å². The van der Waals surface area contributed by atoms with E-state index in [9.17, 15) is 0 Å². The van der Waals surface area contributed by atoms with Crippen molar-refractivity contribution in [3.8, 4) is 0 Å². The van der Waals surface area contributed by atoms with Gasteiger partial charge in [-0.2, -0.15) is 0 Å². The molecule has 0 aromatic carbocycles. The minimum Gasteiger partial charge on any atom is -0.314 e. The van der Waals surface area contributed by atoms with Crippen molar-refractivity contribution < 1.29 is 0 Å². The van der Waals surface area contributed by atoms with Crippen LogP contribution in [0.25, 0.3) is 0 Å². The van der Waals surface area contributed by atoms with Gasteiger partial charge in [0.1, 0.15) is 0 Å². The quantitative estimate of drug-likeness (QED) is 0.780. The second kappa shape index (κ2) is 7.49. The Morgan fingerprint density at radius 2 is 1.61 bits per heavy atom. The maximum absolute atomic E-state index is 3.71. The molecule has 2 nitrogen and oxygen atoms in total. The number of nitrogens with one attached hydrogen (secondary N) is 1. The molecule has 2 saturated carbocycles. The molecule has 0 radical (unpaired) electrons. The third-order valence-electron chi connectivity index (χ3n) is 4.97. The number of nitrogens with zero attached hydrogens (tertiary/aromatic N) is 1. The highest BCUT2D eigenvalue weighted by Crippen LogP contribution is 2.28.